The van der Waals surface area contributed by atoms with E-state index in [4.69, 9.17) is 4.74 Å². The predicted molar refractivity (Wildman–Crippen MR) is 123 cm³/mol. The number of rotatable bonds is 7. The summed E-state index contributed by atoms with van der Waals surface area (Å²) in [4.78, 5) is 12.6. The highest BCUT2D eigenvalue weighted by molar-refractivity contribution is 7.91. The molecular weight excluding hydrogens is 483 g/mol. The number of nitrogens with one attached hydrogen (secondary N) is 1. The van der Waals surface area contributed by atoms with Crippen molar-refractivity contribution in [1.29, 1.82) is 0 Å². The van der Waals surface area contributed by atoms with Gasteiger partial charge in [0.1, 0.15) is 24.2 Å². The zero-order valence-electron chi connectivity index (χ0n) is 18.6. The van der Waals surface area contributed by atoms with E-state index in [-0.39, 0.29) is 17.1 Å². The van der Waals surface area contributed by atoms with Gasteiger partial charge < -0.3 is 4.74 Å². The van der Waals surface area contributed by atoms with Crippen LogP contribution in [0, 0.1) is 13.8 Å². The number of benzene rings is 2. The first kappa shape index (κ1) is 24.2. The molecule has 12 heteroatoms. The summed E-state index contributed by atoms with van der Waals surface area (Å²) in [6.45, 7) is 3.81. The lowest BCUT2D eigenvalue weighted by molar-refractivity contribution is -0.137. The molecular formula is C23H20F3N5O3S. The molecule has 8 nitrogen and oxygen atoms in total. The molecule has 4 rings (SSSR count). The summed E-state index contributed by atoms with van der Waals surface area (Å²) < 4.78 is 72.9. The number of imidazole rings is 1. The van der Waals surface area contributed by atoms with Crippen molar-refractivity contribution in [2.24, 2.45) is 0 Å². The van der Waals surface area contributed by atoms with Crippen LogP contribution < -0.4 is 9.46 Å². The van der Waals surface area contributed by atoms with Gasteiger partial charge in [0.05, 0.1) is 17.0 Å². The Morgan fingerprint density at radius 2 is 1.66 bits per heavy atom. The first-order valence-corrected chi connectivity index (χ1v) is 11.9. The van der Waals surface area contributed by atoms with E-state index in [0.29, 0.717) is 11.6 Å². The van der Waals surface area contributed by atoms with E-state index < -0.39 is 27.5 Å². The molecule has 2 heterocycles. The predicted octanol–water partition coefficient (Wildman–Crippen LogP) is 5.03. The molecule has 0 unspecified atom stereocenters. The van der Waals surface area contributed by atoms with Gasteiger partial charge in [-0.05, 0) is 55.8 Å². The van der Waals surface area contributed by atoms with E-state index in [1.165, 1.54) is 18.5 Å². The Morgan fingerprint density at radius 1 is 0.971 bits per heavy atom. The van der Waals surface area contributed by atoms with E-state index in [2.05, 4.69) is 19.7 Å². The van der Waals surface area contributed by atoms with Crippen LogP contribution >= 0.6 is 0 Å². The lowest BCUT2D eigenvalue weighted by atomic mass is 10.1. The third kappa shape index (κ3) is 5.96. The normalized spacial score (nSPS) is 11.9. The quantitative estimate of drug-likeness (QED) is 0.380. The number of hydrogen-bond donors (Lipinski definition) is 1. The minimum Gasteiger partial charge on any atom is -0.439 e. The molecule has 0 saturated carbocycles. The minimum absolute atomic E-state index is 0.230. The van der Waals surface area contributed by atoms with Crippen LogP contribution in [-0.2, 0) is 22.0 Å². The second-order valence-electron chi connectivity index (χ2n) is 7.68. The molecule has 0 spiro atoms. The number of ether oxygens (including phenoxy) is 1. The van der Waals surface area contributed by atoms with Crippen LogP contribution in [0.2, 0.25) is 0 Å². The van der Waals surface area contributed by atoms with Gasteiger partial charge in [0.2, 0.25) is 15.9 Å². The van der Waals surface area contributed by atoms with E-state index in [0.717, 1.165) is 35.7 Å². The number of halogens is 3. The molecule has 0 saturated heterocycles. The number of hydrogen-bond acceptors (Lipinski definition) is 6. The number of sulfonamides is 1. The molecule has 35 heavy (non-hydrogen) atoms. The van der Waals surface area contributed by atoms with E-state index >= 15 is 0 Å². The Hall–Kier alpha value is -3.93. The molecule has 0 radical (unpaired) electrons. The van der Waals surface area contributed by atoms with Crippen LogP contribution in [0.4, 0.5) is 18.9 Å². The van der Waals surface area contributed by atoms with Crippen LogP contribution in [0.3, 0.4) is 0 Å². The highest BCUT2D eigenvalue weighted by atomic mass is 32.2. The fraction of sp³-hybridized carbons (Fsp3) is 0.174. The molecule has 0 aliphatic carbocycles. The summed E-state index contributed by atoms with van der Waals surface area (Å²) in [5.41, 5.74) is 1.48. The number of nitrogens with zero attached hydrogens (tertiary/aromatic N) is 4. The molecule has 0 bridgehead atoms. The van der Waals surface area contributed by atoms with E-state index in [9.17, 15) is 21.6 Å². The maximum Gasteiger partial charge on any atom is 0.416 e. The van der Waals surface area contributed by atoms with Crippen LogP contribution in [-0.4, -0.2) is 27.9 Å². The molecule has 0 atom stereocenters. The number of aromatic nitrogens is 4. The maximum absolute atomic E-state index is 12.7. The largest absolute Gasteiger partial charge is 0.439 e. The van der Waals surface area contributed by atoms with Crippen LogP contribution in [0.1, 0.15) is 22.5 Å². The number of anilines is 1. The van der Waals surface area contributed by atoms with Crippen molar-refractivity contribution >= 4 is 15.7 Å². The molecule has 1 N–H and O–H groups in total. The summed E-state index contributed by atoms with van der Waals surface area (Å²) in [5, 5.41) is 0. The van der Waals surface area contributed by atoms with Crippen molar-refractivity contribution in [3.63, 3.8) is 0 Å². The van der Waals surface area contributed by atoms with Gasteiger partial charge in [-0.3, -0.25) is 9.29 Å². The van der Waals surface area contributed by atoms with Crippen molar-refractivity contribution in [3.8, 4) is 17.4 Å². The van der Waals surface area contributed by atoms with Gasteiger partial charge in [0, 0.05) is 17.4 Å². The molecule has 0 fully saturated rings. The molecule has 0 aliphatic rings. The highest BCUT2D eigenvalue weighted by Gasteiger charge is 2.30. The van der Waals surface area contributed by atoms with Crippen LogP contribution in [0.15, 0.2) is 67.3 Å². The topological polar surface area (TPSA) is 99.0 Å². The van der Waals surface area contributed by atoms with Gasteiger partial charge in [-0.25, -0.2) is 23.4 Å². The first-order chi connectivity index (χ1) is 16.5. The van der Waals surface area contributed by atoms with Crippen molar-refractivity contribution in [2.75, 3.05) is 4.72 Å². The highest BCUT2D eigenvalue weighted by Crippen LogP contribution is 2.29. The molecule has 182 valence electrons. The summed E-state index contributed by atoms with van der Waals surface area (Å²) in [6, 6.07) is 11.8. The Balaban J connectivity index is 1.41. The second-order valence-corrected chi connectivity index (χ2v) is 9.40. The van der Waals surface area contributed by atoms with Crippen molar-refractivity contribution in [3.05, 3.63) is 89.8 Å². The molecule has 0 aliphatic heterocycles. The molecule has 2 aromatic carbocycles. The average molecular weight is 504 g/mol. The zero-order valence-corrected chi connectivity index (χ0v) is 19.4. The fourth-order valence-electron chi connectivity index (χ4n) is 3.18. The Bertz CT molecular complexity index is 1430. The molecule has 2 aromatic heterocycles. The van der Waals surface area contributed by atoms with Crippen LogP contribution in [0.5, 0.6) is 11.6 Å². The van der Waals surface area contributed by atoms with Crippen molar-refractivity contribution < 1.29 is 26.3 Å². The van der Waals surface area contributed by atoms with Crippen molar-refractivity contribution in [1.82, 2.24) is 19.5 Å². The SMILES string of the molecule is Cc1ncn(-c2cc(Oc3ccc(NS(=O)(=O)Cc4ccc(C(F)(F)F)cc4)cc3)ncn2)c1C. The monoisotopic (exact) mass is 503 g/mol. The summed E-state index contributed by atoms with van der Waals surface area (Å²) in [6.07, 6.45) is -1.46. The molecule has 4 aromatic rings. The standard InChI is InChI=1S/C23H20F3N5O3S/c1-15-16(2)31(14-29-15)21-11-22(28-13-27-21)34-20-9-7-19(8-10-20)30-35(32,33)12-17-3-5-18(6-4-17)23(24,25)26/h3-11,13-14,30H,12H2,1-2H3. The lowest BCUT2D eigenvalue weighted by Crippen LogP contribution is -2.15. The van der Waals surface area contributed by atoms with Gasteiger partial charge in [-0.15, -0.1) is 0 Å². The third-order valence-electron chi connectivity index (χ3n) is 5.11. The fourth-order valence-corrected chi connectivity index (χ4v) is 4.38. The van der Waals surface area contributed by atoms with Gasteiger partial charge in [0.15, 0.2) is 0 Å². The first-order valence-electron chi connectivity index (χ1n) is 10.3. The van der Waals surface area contributed by atoms with Gasteiger partial charge >= 0.3 is 6.18 Å². The molecule has 0 amide bonds. The summed E-state index contributed by atoms with van der Waals surface area (Å²) >= 11 is 0. The Kier molecular flexibility index (Phi) is 6.48. The Morgan fingerprint density at radius 3 is 2.26 bits per heavy atom. The smallest absolute Gasteiger partial charge is 0.416 e. The summed E-state index contributed by atoms with van der Waals surface area (Å²) in [5.74, 6) is 0.816. The minimum atomic E-state index is -4.48. The maximum atomic E-state index is 12.7. The Labute approximate surface area is 199 Å². The van der Waals surface area contributed by atoms with Crippen LogP contribution in [0.25, 0.3) is 5.82 Å². The number of alkyl halides is 3. The van der Waals surface area contributed by atoms with Gasteiger partial charge in [0.25, 0.3) is 0 Å². The zero-order chi connectivity index (χ0) is 25.2. The van der Waals surface area contributed by atoms with E-state index in [1.54, 1.807) is 29.1 Å². The van der Waals surface area contributed by atoms with E-state index in [1.807, 2.05) is 13.8 Å². The van der Waals surface area contributed by atoms with Gasteiger partial charge in [-0.1, -0.05) is 12.1 Å². The summed E-state index contributed by atoms with van der Waals surface area (Å²) in [7, 11) is -3.85. The third-order valence-corrected chi connectivity index (χ3v) is 6.37. The average Bonchev–Trinajstić information content (AvgIpc) is 3.13. The number of aryl methyl sites for hydroxylation is 1. The van der Waals surface area contributed by atoms with Crippen molar-refractivity contribution in [2.45, 2.75) is 25.8 Å². The lowest BCUT2D eigenvalue weighted by Gasteiger charge is -2.11. The van der Waals surface area contributed by atoms with Gasteiger partial charge in [-0.2, -0.15) is 13.2 Å². The second kappa shape index (κ2) is 9.37.